The third-order valence-corrected chi connectivity index (χ3v) is 3.02. The number of hydrogen-bond acceptors (Lipinski definition) is 4. The Balaban J connectivity index is 0.00000200. The minimum Gasteiger partial charge on any atom is -0.489 e. The van der Waals surface area contributed by atoms with Gasteiger partial charge in [-0.1, -0.05) is 11.6 Å². The minimum absolute atomic E-state index is 0. The molecular weight excluding hydrogens is 303 g/mol. The second-order valence-corrected chi connectivity index (χ2v) is 4.87. The number of nitrogens with one attached hydrogen (secondary N) is 1. The summed E-state index contributed by atoms with van der Waals surface area (Å²) in [6, 6.07) is 3.06. The molecule has 1 aromatic carbocycles. The highest BCUT2D eigenvalue weighted by atomic mass is 35.5. The average Bonchev–Trinajstić information content (AvgIpc) is 2.61. The third kappa shape index (κ3) is 4.16. The molecule has 1 amide bonds. The maximum Gasteiger partial charge on any atom is 0.236 e. The van der Waals surface area contributed by atoms with Gasteiger partial charge in [0.05, 0.1) is 24.3 Å². The number of carbonyl (C=O) groups is 1. The molecule has 0 bridgehead atoms. The first kappa shape index (κ1) is 16.9. The second kappa shape index (κ2) is 7.57. The van der Waals surface area contributed by atoms with Crippen molar-refractivity contribution >= 4 is 29.9 Å². The molecule has 1 aliphatic rings. The van der Waals surface area contributed by atoms with E-state index < -0.39 is 6.04 Å². The Bertz CT molecular complexity index is 481. The fourth-order valence-electron chi connectivity index (χ4n) is 1.74. The molecule has 0 saturated heterocycles. The van der Waals surface area contributed by atoms with Crippen LogP contribution in [0.25, 0.3) is 0 Å². The SMILES string of the molecule is C[C@@H](N)C(=O)NCc1cc(Cl)c2c(c1)OCCCO2.Cl. The van der Waals surface area contributed by atoms with E-state index in [1.807, 2.05) is 6.07 Å². The van der Waals surface area contributed by atoms with Crippen molar-refractivity contribution in [2.24, 2.45) is 5.73 Å². The van der Waals surface area contributed by atoms with E-state index in [0.29, 0.717) is 36.3 Å². The van der Waals surface area contributed by atoms with Crippen LogP contribution in [0.4, 0.5) is 0 Å². The number of benzene rings is 1. The predicted molar refractivity (Wildman–Crippen MR) is 79.8 cm³/mol. The van der Waals surface area contributed by atoms with Gasteiger partial charge in [-0.3, -0.25) is 4.79 Å². The van der Waals surface area contributed by atoms with Gasteiger partial charge in [0.25, 0.3) is 0 Å². The predicted octanol–water partition coefficient (Wildman–Crippen LogP) is 1.89. The highest BCUT2D eigenvalue weighted by Crippen LogP contribution is 2.37. The van der Waals surface area contributed by atoms with E-state index in [1.165, 1.54) is 0 Å². The van der Waals surface area contributed by atoms with Gasteiger partial charge >= 0.3 is 0 Å². The van der Waals surface area contributed by atoms with Crippen molar-refractivity contribution in [2.45, 2.75) is 25.9 Å². The molecular formula is C13H18Cl2N2O3. The maximum atomic E-state index is 11.4. The summed E-state index contributed by atoms with van der Waals surface area (Å²) in [6.07, 6.45) is 0.821. The van der Waals surface area contributed by atoms with E-state index >= 15 is 0 Å². The highest BCUT2D eigenvalue weighted by molar-refractivity contribution is 6.32. The summed E-state index contributed by atoms with van der Waals surface area (Å²) in [5.74, 6) is 0.986. The molecule has 20 heavy (non-hydrogen) atoms. The van der Waals surface area contributed by atoms with E-state index in [1.54, 1.807) is 13.0 Å². The molecule has 7 heteroatoms. The first-order valence-corrected chi connectivity index (χ1v) is 6.57. The van der Waals surface area contributed by atoms with Crippen LogP contribution >= 0.6 is 24.0 Å². The van der Waals surface area contributed by atoms with Crippen LogP contribution < -0.4 is 20.5 Å². The molecule has 0 radical (unpaired) electrons. The highest BCUT2D eigenvalue weighted by Gasteiger charge is 2.16. The fourth-order valence-corrected chi connectivity index (χ4v) is 2.02. The summed E-state index contributed by atoms with van der Waals surface area (Å²) in [4.78, 5) is 11.4. The van der Waals surface area contributed by atoms with E-state index in [4.69, 9.17) is 26.8 Å². The summed E-state index contributed by atoms with van der Waals surface area (Å²) in [5.41, 5.74) is 6.33. The minimum atomic E-state index is -0.532. The topological polar surface area (TPSA) is 73.6 Å². The number of nitrogens with two attached hydrogens (primary N) is 1. The van der Waals surface area contributed by atoms with Crippen molar-refractivity contribution in [2.75, 3.05) is 13.2 Å². The number of carbonyl (C=O) groups excluding carboxylic acids is 1. The van der Waals surface area contributed by atoms with Gasteiger partial charge < -0.3 is 20.5 Å². The van der Waals surface area contributed by atoms with Crippen LogP contribution in [0.5, 0.6) is 11.5 Å². The zero-order valence-corrected chi connectivity index (χ0v) is 12.7. The molecule has 0 aliphatic carbocycles. The molecule has 5 nitrogen and oxygen atoms in total. The second-order valence-electron chi connectivity index (χ2n) is 4.46. The monoisotopic (exact) mass is 320 g/mol. The summed E-state index contributed by atoms with van der Waals surface area (Å²) >= 11 is 6.16. The molecule has 1 atom stereocenters. The maximum absolute atomic E-state index is 11.4. The Morgan fingerprint density at radius 3 is 2.85 bits per heavy atom. The van der Waals surface area contributed by atoms with Gasteiger partial charge in [0.2, 0.25) is 5.91 Å². The summed E-state index contributed by atoms with van der Waals surface area (Å²) < 4.78 is 11.1. The molecule has 0 aromatic heterocycles. The zero-order chi connectivity index (χ0) is 13.8. The van der Waals surface area contributed by atoms with Crippen LogP contribution in [0.1, 0.15) is 18.9 Å². The van der Waals surface area contributed by atoms with Crippen molar-refractivity contribution in [1.29, 1.82) is 0 Å². The van der Waals surface area contributed by atoms with Crippen LogP contribution in [-0.2, 0) is 11.3 Å². The van der Waals surface area contributed by atoms with Gasteiger partial charge in [0.15, 0.2) is 11.5 Å². The number of hydrogen-bond donors (Lipinski definition) is 2. The average molecular weight is 321 g/mol. The zero-order valence-electron chi connectivity index (χ0n) is 11.1. The fraction of sp³-hybridized carbons (Fsp3) is 0.462. The van der Waals surface area contributed by atoms with Crippen molar-refractivity contribution in [3.05, 3.63) is 22.7 Å². The van der Waals surface area contributed by atoms with Crippen LogP contribution in [0.2, 0.25) is 5.02 Å². The lowest BCUT2D eigenvalue weighted by Crippen LogP contribution is -2.37. The molecule has 1 aliphatic heterocycles. The van der Waals surface area contributed by atoms with E-state index in [2.05, 4.69) is 5.32 Å². The van der Waals surface area contributed by atoms with Crippen LogP contribution in [-0.4, -0.2) is 25.2 Å². The summed E-state index contributed by atoms with van der Waals surface area (Å²) in [5, 5.41) is 3.22. The number of amides is 1. The standard InChI is InChI=1S/C13H17ClN2O3.ClH/c1-8(15)13(17)16-7-9-5-10(14)12-11(6-9)18-3-2-4-19-12;/h5-6,8H,2-4,7,15H2,1H3,(H,16,17);1H/t8-;/m1./s1. The molecule has 1 aromatic rings. The van der Waals surface area contributed by atoms with Gasteiger partial charge in [-0.05, 0) is 24.6 Å². The molecule has 0 unspecified atom stereocenters. The number of fused-ring (bicyclic) bond motifs is 1. The van der Waals surface area contributed by atoms with Crippen LogP contribution in [0.15, 0.2) is 12.1 Å². The number of halogens is 2. The van der Waals surface area contributed by atoms with E-state index in [9.17, 15) is 4.79 Å². The molecule has 0 saturated carbocycles. The molecule has 0 spiro atoms. The van der Waals surface area contributed by atoms with Crippen LogP contribution in [0, 0.1) is 0 Å². The smallest absolute Gasteiger partial charge is 0.236 e. The number of ether oxygens (including phenoxy) is 2. The molecule has 0 fully saturated rings. The van der Waals surface area contributed by atoms with E-state index in [-0.39, 0.29) is 18.3 Å². The lowest BCUT2D eigenvalue weighted by Gasteiger charge is -2.12. The van der Waals surface area contributed by atoms with Crippen molar-refractivity contribution in [1.82, 2.24) is 5.32 Å². The molecule has 3 N–H and O–H groups in total. The van der Waals surface area contributed by atoms with Gasteiger partial charge in [-0.15, -0.1) is 12.4 Å². The Hall–Kier alpha value is -1.17. The Morgan fingerprint density at radius 2 is 2.15 bits per heavy atom. The van der Waals surface area contributed by atoms with Gasteiger partial charge in [0, 0.05) is 13.0 Å². The summed E-state index contributed by atoms with van der Waals surface area (Å²) in [7, 11) is 0. The van der Waals surface area contributed by atoms with Crippen molar-refractivity contribution in [3.63, 3.8) is 0 Å². The molecule has 112 valence electrons. The first-order chi connectivity index (χ1) is 9.08. The number of rotatable bonds is 3. The van der Waals surface area contributed by atoms with Crippen molar-refractivity contribution < 1.29 is 14.3 Å². The Morgan fingerprint density at radius 1 is 1.45 bits per heavy atom. The van der Waals surface area contributed by atoms with Gasteiger partial charge in [-0.2, -0.15) is 0 Å². The van der Waals surface area contributed by atoms with E-state index in [0.717, 1.165) is 12.0 Å². The Kier molecular flexibility index (Phi) is 6.39. The summed E-state index contributed by atoms with van der Waals surface area (Å²) in [6.45, 7) is 3.18. The molecule has 1 heterocycles. The van der Waals surface area contributed by atoms with Crippen molar-refractivity contribution in [3.8, 4) is 11.5 Å². The normalized spacial score (nSPS) is 14.8. The lowest BCUT2D eigenvalue weighted by molar-refractivity contribution is -0.122. The molecule has 2 rings (SSSR count). The largest absolute Gasteiger partial charge is 0.489 e. The van der Waals surface area contributed by atoms with Crippen LogP contribution in [0.3, 0.4) is 0 Å². The van der Waals surface area contributed by atoms with Gasteiger partial charge in [0.1, 0.15) is 0 Å². The first-order valence-electron chi connectivity index (χ1n) is 6.19. The Labute approximate surface area is 129 Å². The lowest BCUT2D eigenvalue weighted by atomic mass is 10.2. The third-order valence-electron chi connectivity index (χ3n) is 2.74. The quantitative estimate of drug-likeness (QED) is 0.892. The van der Waals surface area contributed by atoms with Gasteiger partial charge in [-0.25, -0.2) is 0 Å².